The third-order valence-electron chi connectivity index (χ3n) is 4.05. The lowest BCUT2D eigenvalue weighted by Gasteiger charge is -2.18. The summed E-state index contributed by atoms with van der Waals surface area (Å²) in [6.45, 7) is 0.296. The van der Waals surface area contributed by atoms with Gasteiger partial charge in [0, 0.05) is 19.2 Å². The van der Waals surface area contributed by atoms with Gasteiger partial charge in [-0.25, -0.2) is 0 Å². The van der Waals surface area contributed by atoms with Gasteiger partial charge in [-0.2, -0.15) is 13.2 Å². The fourth-order valence-corrected chi connectivity index (χ4v) is 2.82. The Bertz CT molecular complexity index is 737. The lowest BCUT2D eigenvalue weighted by molar-refractivity contribution is -0.385. The van der Waals surface area contributed by atoms with Crippen LogP contribution in [0.5, 0.6) is 5.75 Å². The van der Waals surface area contributed by atoms with Crippen LogP contribution in [0.2, 0.25) is 0 Å². The van der Waals surface area contributed by atoms with Gasteiger partial charge in [0.1, 0.15) is 11.3 Å². The molecule has 26 heavy (non-hydrogen) atoms. The van der Waals surface area contributed by atoms with Gasteiger partial charge in [-0.1, -0.05) is 0 Å². The smallest absolute Gasteiger partial charge is 0.394 e. The van der Waals surface area contributed by atoms with Crippen LogP contribution in [0.15, 0.2) is 18.2 Å². The molecule has 1 aromatic carbocycles. The molecule has 0 aromatic heterocycles. The molecule has 8 nitrogen and oxygen atoms in total. The molecule has 11 heteroatoms. The number of nitro benzene ring substituents is 1. The summed E-state index contributed by atoms with van der Waals surface area (Å²) in [7, 11) is 0. The van der Waals surface area contributed by atoms with Gasteiger partial charge in [-0.15, -0.1) is 0 Å². The van der Waals surface area contributed by atoms with Gasteiger partial charge in [0.25, 0.3) is 11.6 Å². The lowest BCUT2D eigenvalue weighted by Crippen LogP contribution is -2.34. The molecule has 142 valence electrons. The van der Waals surface area contributed by atoms with Crippen LogP contribution >= 0.6 is 0 Å². The molecule has 1 N–H and O–H groups in total. The Kier molecular flexibility index (Phi) is 5.38. The summed E-state index contributed by atoms with van der Waals surface area (Å²) < 4.78 is 44.3. The second-order valence-corrected chi connectivity index (χ2v) is 5.67. The van der Waals surface area contributed by atoms with Crippen molar-refractivity contribution in [2.75, 3.05) is 19.7 Å². The van der Waals surface area contributed by atoms with Crippen molar-refractivity contribution >= 4 is 17.6 Å². The number of carbonyl (C=O) groups excluding carboxylic acids is 1. The fraction of sp³-hybridized carbons (Fsp3) is 0.467. The second-order valence-electron chi connectivity index (χ2n) is 5.67. The SMILES string of the molecule is CCOc1ccc([N+](=O)[O-])c(C(=O)N2C[C@@H](C(F)(F)F)[C@H](C(=O)O)C2)c1. The second kappa shape index (κ2) is 7.18. The number of hydrogen-bond acceptors (Lipinski definition) is 5. The molecule has 0 aliphatic carbocycles. The summed E-state index contributed by atoms with van der Waals surface area (Å²) in [5.74, 6) is -6.65. The summed E-state index contributed by atoms with van der Waals surface area (Å²) in [4.78, 5) is 34.7. The zero-order chi connectivity index (χ0) is 19.6. The normalized spacial score (nSPS) is 20.1. The summed E-state index contributed by atoms with van der Waals surface area (Å²) >= 11 is 0. The number of likely N-dealkylation sites (tertiary alicyclic amines) is 1. The number of carboxylic acid groups (broad SMARTS) is 1. The van der Waals surface area contributed by atoms with E-state index in [0.29, 0.717) is 4.90 Å². The van der Waals surface area contributed by atoms with Crippen molar-refractivity contribution in [3.63, 3.8) is 0 Å². The maximum Gasteiger partial charge on any atom is 0.394 e. The van der Waals surface area contributed by atoms with E-state index in [0.717, 1.165) is 12.1 Å². The van der Waals surface area contributed by atoms with Crippen LogP contribution in [-0.4, -0.2) is 52.7 Å². The average Bonchev–Trinajstić information content (AvgIpc) is 3.00. The molecule has 1 heterocycles. The average molecular weight is 376 g/mol. The first kappa shape index (κ1) is 19.5. The third kappa shape index (κ3) is 3.86. The Morgan fingerprint density at radius 3 is 2.50 bits per heavy atom. The largest absolute Gasteiger partial charge is 0.494 e. The van der Waals surface area contributed by atoms with Gasteiger partial charge in [-0.3, -0.25) is 19.7 Å². The van der Waals surface area contributed by atoms with E-state index >= 15 is 0 Å². The number of alkyl halides is 3. The molecular formula is C15H15F3N2O6. The summed E-state index contributed by atoms with van der Waals surface area (Å²) in [6, 6.07) is 3.35. The molecule has 2 rings (SSSR count). The van der Waals surface area contributed by atoms with Crippen molar-refractivity contribution in [2.45, 2.75) is 13.1 Å². The zero-order valence-electron chi connectivity index (χ0n) is 13.5. The van der Waals surface area contributed by atoms with Crippen molar-refractivity contribution in [1.82, 2.24) is 4.90 Å². The zero-order valence-corrected chi connectivity index (χ0v) is 13.5. The predicted molar refractivity (Wildman–Crippen MR) is 80.8 cm³/mol. The lowest BCUT2D eigenvalue weighted by atomic mass is 9.96. The van der Waals surface area contributed by atoms with Crippen LogP contribution < -0.4 is 4.74 Å². The van der Waals surface area contributed by atoms with E-state index in [1.807, 2.05) is 0 Å². The van der Waals surface area contributed by atoms with Crippen LogP contribution in [0.3, 0.4) is 0 Å². The number of rotatable bonds is 5. The topological polar surface area (TPSA) is 110 Å². The summed E-state index contributed by atoms with van der Waals surface area (Å²) in [5, 5.41) is 20.1. The fourth-order valence-electron chi connectivity index (χ4n) is 2.82. The highest BCUT2D eigenvalue weighted by Crippen LogP contribution is 2.39. The number of aliphatic carboxylic acids is 1. The summed E-state index contributed by atoms with van der Waals surface area (Å²) in [6.07, 6.45) is -4.81. The molecule has 1 saturated heterocycles. The molecule has 0 spiro atoms. The van der Waals surface area contributed by atoms with Gasteiger partial charge < -0.3 is 14.7 Å². The van der Waals surface area contributed by atoms with E-state index in [9.17, 15) is 32.9 Å². The minimum Gasteiger partial charge on any atom is -0.494 e. The number of carboxylic acids is 1. The third-order valence-corrected chi connectivity index (χ3v) is 4.05. The van der Waals surface area contributed by atoms with Gasteiger partial charge in [0.15, 0.2) is 0 Å². The van der Waals surface area contributed by atoms with Crippen LogP contribution in [0.25, 0.3) is 0 Å². The molecule has 0 saturated carbocycles. The quantitative estimate of drug-likeness (QED) is 0.624. The standard InChI is InChI=1S/C15H15F3N2O6/c1-2-26-8-3-4-12(20(24)25)9(5-8)13(21)19-6-10(14(22)23)11(7-19)15(16,17)18/h3-5,10-11H,2,6-7H2,1H3,(H,22,23)/t10-,11-/m1/s1. The minimum atomic E-state index is -4.81. The predicted octanol–water partition coefficient (Wildman–Crippen LogP) is 2.33. The highest BCUT2D eigenvalue weighted by molar-refractivity contribution is 5.99. The monoisotopic (exact) mass is 376 g/mol. The number of halogens is 3. The van der Waals surface area contributed by atoms with Gasteiger partial charge in [0.05, 0.1) is 23.4 Å². The number of benzene rings is 1. The van der Waals surface area contributed by atoms with Crippen molar-refractivity contribution < 1.29 is 37.5 Å². The van der Waals surface area contributed by atoms with Crippen molar-refractivity contribution in [3.8, 4) is 5.75 Å². The molecular weight excluding hydrogens is 361 g/mol. The number of hydrogen-bond donors (Lipinski definition) is 1. The van der Waals surface area contributed by atoms with Gasteiger partial charge >= 0.3 is 12.1 Å². The number of ether oxygens (including phenoxy) is 1. The first-order chi connectivity index (χ1) is 12.1. The number of carbonyl (C=O) groups is 2. The van der Waals surface area contributed by atoms with Crippen molar-refractivity contribution in [2.24, 2.45) is 11.8 Å². The van der Waals surface area contributed by atoms with E-state index in [-0.39, 0.29) is 12.4 Å². The van der Waals surface area contributed by atoms with Crippen LogP contribution in [-0.2, 0) is 4.79 Å². The summed E-state index contributed by atoms with van der Waals surface area (Å²) in [5.41, 5.74) is -1.05. The maximum absolute atomic E-state index is 13.1. The molecule has 0 unspecified atom stereocenters. The Morgan fingerprint density at radius 1 is 1.38 bits per heavy atom. The number of nitrogens with zero attached hydrogens (tertiary/aromatic N) is 2. The van der Waals surface area contributed by atoms with Gasteiger partial charge in [0.2, 0.25) is 0 Å². The Balaban J connectivity index is 2.38. The van der Waals surface area contributed by atoms with E-state index in [2.05, 4.69) is 0 Å². The molecule has 1 aliphatic rings. The van der Waals surface area contributed by atoms with Crippen molar-refractivity contribution in [1.29, 1.82) is 0 Å². The maximum atomic E-state index is 13.1. The molecule has 1 amide bonds. The van der Waals surface area contributed by atoms with Gasteiger partial charge in [-0.05, 0) is 19.1 Å². The number of amides is 1. The van der Waals surface area contributed by atoms with Crippen LogP contribution in [0.4, 0.5) is 18.9 Å². The number of nitro groups is 1. The van der Waals surface area contributed by atoms with Crippen molar-refractivity contribution in [3.05, 3.63) is 33.9 Å². The molecule has 1 fully saturated rings. The van der Waals surface area contributed by atoms with E-state index in [1.165, 1.54) is 6.07 Å². The Labute approximate surface area is 145 Å². The molecule has 1 aromatic rings. The Hall–Kier alpha value is -2.85. The van der Waals surface area contributed by atoms with E-state index in [4.69, 9.17) is 9.84 Å². The first-order valence-electron chi connectivity index (χ1n) is 7.56. The van der Waals surface area contributed by atoms with E-state index < -0.39 is 59.2 Å². The minimum absolute atomic E-state index is 0.141. The molecule has 1 aliphatic heterocycles. The highest BCUT2D eigenvalue weighted by atomic mass is 19.4. The van der Waals surface area contributed by atoms with Crippen LogP contribution in [0.1, 0.15) is 17.3 Å². The molecule has 0 bridgehead atoms. The molecule has 2 atom stereocenters. The van der Waals surface area contributed by atoms with E-state index in [1.54, 1.807) is 6.92 Å². The molecule has 0 radical (unpaired) electrons. The highest BCUT2D eigenvalue weighted by Gasteiger charge is 2.53. The van der Waals surface area contributed by atoms with Crippen LogP contribution in [0, 0.1) is 22.0 Å². The Morgan fingerprint density at radius 2 is 2.04 bits per heavy atom. The first-order valence-corrected chi connectivity index (χ1v) is 7.56.